The van der Waals surface area contributed by atoms with Crippen LogP contribution in [-0.2, 0) is 16.0 Å². The summed E-state index contributed by atoms with van der Waals surface area (Å²) in [5.74, 6) is 1.88. The molecule has 2 aliphatic heterocycles. The fraction of sp³-hybridized carbons (Fsp3) is 0.812. The van der Waals surface area contributed by atoms with Gasteiger partial charge in [0, 0.05) is 45.6 Å². The van der Waals surface area contributed by atoms with E-state index in [0.717, 1.165) is 64.5 Å². The van der Waals surface area contributed by atoms with Gasteiger partial charge in [-0.1, -0.05) is 12.1 Å². The summed E-state index contributed by atoms with van der Waals surface area (Å²) in [6, 6.07) is 0. The third kappa shape index (κ3) is 4.29. The summed E-state index contributed by atoms with van der Waals surface area (Å²) in [4.78, 5) is 21.0. The lowest BCUT2D eigenvalue weighted by molar-refractivity contribution is -0.134. The van der Waals surface area contributed by atoms with Gasteiger partial charge in [0.2, 0.25) is 11.8 Å². The first-order valence-electron chi connectivity index (χ1n) is 8.66. The molecule has 1 aromatic heterocycles. The molecule has 23 heavy (non-hydrogen) atoms. The van der Waals surface area contributed by atoms with Crippen LogP contribution in [0.3, 0.4) is 0 Å². The molecule has 128 valence electrons. The molecule has 7 heteroatoms. The molecule has 0 aromatic carbocycles. The van der Waals surface area contributed by atoms with Gasteiger partial charge < -0.3 is 14.2 Å². The summed E-state index contributed by atoms with van der Waals surface area (Å²) in [7, 11) is 0. The maximum Gasteiger partial charge on any atom is 0.231 e. The summed E-state index contributed by atoms with van der Waals surface area (Å²) in [6.45, 7) is 7.96. The van der Waals surface area contributed by atoms with Crippen molar-refractivity contribution in [2.75, 3.05) is 45.9 Å². The zero-order chi connectivity index (χ0) is 16.1. The quantitative estimate of drug-likeness (QED) is 0.780. The van der Waals surface area contributed by atoms with Gasteiger partial charge in [0.15, 0.2) is 5.82 Å². The first-order valence-corrected chi connectivity index (χ1v) is 8.66. The van der Waals surface area contributed by atoms with Crippen molar-refractivity contribution in [3.8, 4) is 0 Å². The van der Waals surface area contributed by atoms with E-state index in [1.807, 2.05) is 4.90 Å². The van der Waals surface area contributed by atoms with Crippen LogP contribution in [0.2, 0.25) is 0 Å². The predicted octanol–water partition coefficient (Wildman–Crippen LogP) is 1.06. The van der Waals surface area contributed by atoms with Crippen LogP contribution in [-0.4, -0.2) is 71.8 Å². The van der Waals surface area contributed by atoms with Crippen molar-refractivity contribution >= 4 is 5.91 Å². The number of amides is 1. The van der Waals surface area contributed by atoms with Gasteiger partial charge in [-0.25, -0.2) is 0 Å². The van der Waals surface area contributed by atoms with Crippen molar-refractivity contribution in [2.24, 2.45) is 0 Å². The Bertz CT molecular complexity index is 513. The van der Waals surface area contributed by atoms with Crippen LogP contribution >= 0.6 is 0 Å². The fourth-order valence-electron chi connectivity index (χ4n) is 3.18. The number of carbonyl (C=O) groups is 1. The first kappa shape index (κ1) is 16.4. The fourth-order valence-corrected chi connectivity index (χ4v) is 3.18. The number of morpholine rings is 1. The molecular formula is C16H26N4O3. The van der Waals surface area contributed by atoms with Crippen LogP contribution in [0.4, 0.5) is 0 Å². The molecule has 2 aliphatic rings. The largest absolute Gasteiger partial charge is 0.379 e. The van der Waals surface area contributed by atoms with Crippen molar-refractivity contribution in [1.82, 2.24) is 19.9 Å². The predicted molar refractivity (Wildman–Crippen MR) is 84.1 cm³/mol. The third-order valence-electron chi connectivity index (χ3n) is 4.60. The Morgan fingerprint density at radius 1 is 1.26 bits per heavy atom. The van der Waals surface area contributed by atoms with Gasteiger partial charge in [0.05, 0.1) is 19.1 Å². The lowest BCUT2D eigenvalue weighted by Gasteiger charge is -2.34. The van der Waals surface area contributed by atoms with Gasteiger partial charge in [0.1, 0.15) is 0 Å². The van der Waals surface area contributed by atoms with Crippen LogP contribution in [0, 0.1) is 0 Å². The van der Waals surface area contributed by atoms with Crippen LogP contribution in [0.5, 0.6) is 0 Å². The molecule has 3 rings (SSSR count). The highest BCUT2D eigenvalue weighted by molar-refractivity contribution is 5.77. The van der Waals surface area contributed by atoms with Gasteiger partial charge in [-0.2, -0.15) is 4.98 Å². The van der Waals surface area contributed by atoms with Crippen molar-refractivity contribution in [3.63, 3.8) is 0 Å². The molecule has 1 atom stereocenters. The van der Waals surface area contributed by atoms with E-state index in [2.05, 4.69) is 22.0 Å². The second kappa shape index (κ2) is 7.88. The highest BCUT2D eigenvalue weighted by Gasteiger charge is 2.30. The molecule has 0 N–H and O–H groups in total. The number of hydrogen-bond donors (Lipinski definition) is 0. The Labute approximate surface area is 137 Å². The van der Waals surface area contributed by atoms with Crippen molar-refractivity contribution in [1.29, 1.82) is 0 Å². The van der Waals surface area contributed by atoms with E-state index in [0.29, 0.717) is 18.9 Å². The molecule has 0 unspecified atom stereocenters. The van der Waals surface area contributed by atoms with Crippen molar-refractivity contribution < 1.29 is 14.1 Å². The molecule has 3 heterocycles. The number of hydrogen-bond acceptors (Lipinski definition) is 6. The van der Waals surface area contributed by atoms with E-state index in [9.17, 15) is 4.79 Å². The average Bonchev–Trinajstić information content (AvgIpc) is 3.04. The number of aryl methyl sites for hydroxylation is 1. The van der Waals surface area contributed by atoms with E-state index in [1.54, 1.807) is 0 Å². The molecular weight excluding hydrogens is 296 g/mol. The lowest BCUT2D eigenvalue weighted by atomic mass is 9.97. The molecule has 0 radical (unpaired) electrons. The Morgan fingerprint density at radius 2 is 2.09 bits per heavy atom. The maximum atomic E-state index is 12.2. The normalized spacial score (nSPS) is 23.4. The van der Waals surface area contributed by atoms with Gasteiger partial charge in [0.25, 0.3) is 0 Å². The summed E-state index contributed by atoms with van der Waals surface area (Å²) < 4.78 is 10.8. The Balaban J connectivity index is 1.54. The number of piperidine rings is 1. The van der Waals surface area contributed by atoms with Crippen molar-refractivity contribution in [3.05, 3.63) is 11.7 Å². The second-order valence-corrected chi connectivity index (χ2v) is 6.33. The monoisotopic (exact) mass is 322 g/mol. The number of aromatic nitrogens is 2. The van der Waals surface area contributed by atoms with Gasteiger partial charge in [-0.15, -0.1) is 0 Å². The van der Waals surface area contributed by atoms with E-state index >= 15 is 0 Å². The zero-order valence-corrected chi connectivity index (χ0v) is 13.9. The van der Waals surface area contributed by atoms with Crippen LogP contribution in [0.15, 0.2) is 4.52 Å². The van der Waals surface area contributed by atoms with Crippen LogP contribution < -0.4 is 0 Å². The van der Waals surface area contributed by atoms with E-state index in [-0.39, 0.29) is 11.8 Å². The third-order valence-corrected chi connectivity index (χ3v) is 4.60. The molecule has 1 aromatic rings. The highest BCUT2D eigenvalue weighted by atomic mass is 16.5. The topological polar surface area (TPSA) is 71.7 Å². The number of carbonyl (C=O) groups excluding carboxylic acids is 1. The number of rotatable bonds is 6. The highest BCUT2D eigenvalue weighted by Crippen LogP contribution is 2.26. The minimum Gasteiger partial charge on any atom is -0.379 e. The standard InChI is InChI=1S/C16H26N4O3/c1-2-3-14-17-16(23-18-14)13-4-5-15(21)20(12-13)7-6-19-8-10-22-11-9-19/h13H,2-12H2,1H3/t13-/m0/s1. The summed E-state index contributed by atoms with van der Waals surface area (Å²) in [5.41, 5.74) is 0. The summed E-state index contributed by atoms with van der Waals surface area (Å²) >= 11 is 0. The minimum atomic E-state index is 0.176. The molecule has 0 aliphatic carbocycles. The lowest BCUT2D eigenvalue weighted by Crippen LogP contribution is -2.45. The second-order valence-electron chi connectivity index (χ2n) is 6.33. The van der Waals surface area contributed by atoms with E-state index < -0.39 is 0 Å². The van der Waals surface area contributed by atoms with Gasteiger partial charge in [-0.3, -0.25) is 9.69 Å². The van der Waals surface area contributed by atoms with Gasteiger partial charge in [-0.05, 0) is 12.8 Å². The average molecular weight is 322 g/mol. The van der Waals surface area contributed by atoms with E-state index in [1.165, 1.54) is 0 Å². The first-order chi connectivity index (χ1) is 11.3. The minimum absolute atomic E-state index is 0.176. The Kier molecular flexibility index (Phi) is 5.61. The smallest absolute Gasteiger partial charge is 0.231 e. The Hall–Kier alpha value is -1.47. The Morgan fingerprint density at radius 3 is 2.87 bits per heavy atom. The molecule has 0 spiro atoms. The van der Waals surface area contributed by atoms with Crippen LogP contribution in [0.25, 0.3) is 0 Å². The number of likely N-dealkylation sites (tertiary alicyclic amines) is 1. The molecule has 0 bridgehead atoms. The summed E-state index contributed by atoms with van der Waals surface area (Å²) in [6.07, 6.45) is 3.23. The SMILES string of the molecule is CCCc1noc([C@H]2CCC(=O)N(CCN3CCOCC3)C2)n1. The molecule has 7 nitrogen and oxygen atoms in total. The molecule has 0 saturated carbocycles. The number of ether oxygens (including phenoxy) is 1. The van der Waals surface area contributed by atoms with Gasteiger partial charge >= 0.3 is 0 Å². The van der Waals surface area contributed by atoms with Crippen LogP contribution in [0.1, 0.15) is 43.8 Å². The number of nitrogens with zero attached hydrogens (tertiary/aromatic N) is 4. The molecule has 2 saturated heterocycles. The zero-order valence-electron chi connectivity index (χ0n) is 13.9. The molecule has 2 fully saturated rings. The maximum absolute atomic E-state index is 12.2. The molecule has 1 amide bonds. The van der Waals surface area contributed by atoms with Crippen molar-refractivity contribution in [2.45, 2.75) is 38.5 Å². The van der Waals surface area contributed by atoms with E-state index in [4.69, 9.17) is 9.26 Å². The summed E-state index contributed by atoms with van der Waals surface area (Å²) in [5, 5.41) is 4.03.